The highest BCUT2D eigenvalue weighted by molar-refractivity contribution is 7.47. The second-order valence-corrected chi connectivity index (χ2v) is 13.4. The lowest BCUT2D eigenvalue weighted by molar-refractivity contribution is 0.184. The molecule has 0 radical (unpaired) electrons. The average molecular weight is 533 g/mol. The van der Waals surface area contributed by atoms with E-state index in [1.54, 1.807) is 12.1 Å². The van der Waals surface area contributed by atoms with Crippen molar-refractivity contribution in [2.24, 2.45) is 11.8 Å². The van der Waals surface area contributed by atoms with E-state index < -0.39 is 21.1 Å². The van der Waals surface area contributed by atoms with Crippen molar-refractivity contribution in [3.8, 4) is 11.5 Å². The predicted octanol–water partition coefficient (Wildman–Crippen LogP) is 6.95. The Morgan fingerprint density at radius 3 is 1.77 bits per heavy atom. The van der Waals surface area contributed by atoms with Crippen LogP contribution in [0.1, 0.15) is 115 Å². The summed E-state index contributed by atoms with van der Waals surface area (Å²) in [4.78, 5) is 38.6. The second-order valence-electron chi connectivity index (χ2n) is 11.0. The van der Waals surface area contributed by atoms with Gasteiger partial charge in [0.15, 0.2) is 0 Å². The van der Waals surface area contributed by atoms with Gasteiger partial charge in [0.2, 0.25) is 0 Å². The largest absolute Gasteiger partial charge is 0.524 e. The lowest BCUT2D eigenvalue weighted by Crippen LogP contribution is -2.23. The molecule has 200 valence electrons. The van der Waals surface area contributed by atoms with Crippen LogP contribution in [-0.2, 0) is 14.5 Å². The SMILES string of the molecule is CCCCC(C)(C)c1cc(OP(=O)(O)O)c(C2CCC(C3CCCCC3)CC2)c(OP(=O)(O)O)c1. The number of phosphoric ester groups is 2. The second kappa shape index (κ2) is 11.7. The molecule has 0 heterocycles. The summed E-state index contributed by atoms with van der Waals surface area (Å²) in [6.45, 7) is 6.07. The lowest BCUT2D eigenvalue weighted by atomic mass is 9.69. The molecule has 3 rings (SSSR count). The molecule has 0 saturated heterocycles. The summed E-state index contributed by atoms with van der Waals surface area (Å²) >= 11 is 0. The lowest BCUT2D eigenvalue weighted by Gasteiger charge is -2.37. The molecule has 0 bridgehead atoms. The summed E-state index contributed by atoms with van der Waals surface area (Å²) in [5.74, 6) is 1.11. The van der Waals surface area contributed by atoms with E-state index in [0.717, 1.165) is 50.9 Å². The molecule has 2 saturated carbocycles. The van der Waals surface area contributed by atoms with Gasteiger partial charge in [-0.3, -0.25) is 19.6 Å². The van der Waals surface area contributed by atoms with Crippen LogP contribution >= 0.6 is 15.6 Å². The first-order chi connectivity index (χ1) is 16.3. The molecule has 1 aromatic carbocycles. The van der Waals surface area contributed by atoms with Crippen LogP contribution in [0.2, 0.25) is 0 Å². The predicted molar refractivity (Wildman–Crippen MR) is 136 cm³/mol. The number of phosphoric acid groups is 2. The Hall–Kier alpha value is -0.880. The minimum Gasteiger partial charge on any atom is -0.404 e. The summed E-state index contributed by atoms with van der Waals surface area (Å²) in [5.41, 5.74) is 0.610. The summed E-state index contributed by atoms with van der Waals surface area (Å²) in [6, 6.07) is 3.26. The van der Waals surface area contributed by atoms with Crippen molar-refractivity contribution in [3.63, 3.8) is 0 Å². The maximum Gasteiger partial charge on any atom is 0.524 e. The standard InChI is InChI=1S/C25H42O8P2/c1-4-5-15-25(2,3)21-16-22(32-34(26,27)28)24(23(17-21)33-35(29,30)31)20-13-11-19(12-14-20)18-9-7-6-8-10-18/h16-20H,4-15H2,1-3H3,(H2,26,27,28)(H2,29,30,31). The van der Waals surface area contributed by atoms with E-state index in [-0.39, 0.29) is 17.4 Å². The van der Waals surface area contributed by atoms with Crippen LogP contribution in [0, 0.1) is 11.8 Å². The summed E-state index contributed by atoms with van der Waals surface area (Å²) in [7, 11) is -9.83. The van der Waals surface area contributed by atoms with Crippen LogP contribution in [0.4, 0.5) is 0 Å². The number of rotatable bonds is 10. The van der Waals surface area contributed by atoms with Crippen molar-refractivity contribution in [2.45, 2.75) is 109 Å². The minimum atomic E-state index is -4.91. The van der Waals surface area contributed by atoms with E-state index in [2.05, 4.69) is 6.92 Å². The van der Waals surface area contributed by atoms with Gasteiger partial charge in [-0.15, -0.1) is 0 Å². The van der Waals surface area contributed by atoms with Crippen LogP contribution in [0.3, 0.4) is 0 Å². The van der Waals surface area contributed by atoms with Gasteiger partial charge in [-0.2, -0.15) is 0 Å². The minimum absolute atomic E-state index is 0.0371. The molecule has 2 aliphatic carbocycles. The van der Waals surface area contributed by atoms with Gasteiger partial charge in [-0.05, 0) is 73.0 Å². The van der Waals surface area contributed by atoms with Crippen molar-refractivity contribution >= 4 is 15.6 Å². The number of unbranched alkanes of at least 4 members (excludes halogenated alkanes) is 1. The van der Waals surface area contributed by atoms with E-state index in [0.29, 0.717) is 17.0 Å². The number of hydrogen-bond acceptors (Lipinski definition) is 4. The van der Waals surface area contributed by atoms with Crippen molar-refractivity contribution in [1.29, 1.82) is 0 Å². The fourth-order valence-electron chi connectivity index (χ4n) is 6.05. The van der Waals surface area contributed by atoms with E-state index in [1.807, 2.05) is 13.8 Å². The van der Waals surface area contributed by atoms with Crippen molar-refractivity contribution in [3.05, 3.63) is 23.3 Å². The first kappa shape index (κ1) is 28.7. The van der Waals surface area contributed by atoms with Crippen LogP contribution < -0.4 is 9.05 Å². The van der Waals surface area contributed by atoms with E-state index in [1.165, 1.54) is 32.1 Å². The highest BCUT2D eigenvalue weighted by atomic mass is 31.2. The summed E-state index contributed by atoms with van der Waals surface area (Å²) < 4.78 is 34.1. The van der Waals surface area contributed by atoms with Gasteiger partial charge in [-0.1, -0.05) is 65.7 Å². The maximum atomic E-state index is 11.9. The topological polar surface area (TPSA) is 134 Å². The highest BCUT2D eigenvalue weighted by Gasteiger charge is 2.36. The molecule has 4 N–H and O–H groups in total. The van der Waals surface area contributed by atoms with E-state index in [4.69, 9.17) is 9.05 Å². The van der Waals surface area contributed by atoms with Crippen molar-refractivity contribution in [1.82, 2.24) is 0 Å². The summed E-state index contributed by atoms with van der Waals surface area (Å²) in [5, 5.41) is 0. The van der Waals surface area contributed by atoms with Crippen molar-refractivity contribution in [2.75, 3.05) is 0 Å². The van der Waals surface area contributed by atoms with Gasteiger partial charge in [0, 0.05) is 5.56 Å². The van der Waals surface area contributed by atoms with E-state index >= 15 is 0 Å². The molecule has 0 aliphatic heterocycles. The third-order valence-electron chi connectivity index (χ3n) is 7.97. The Labute approximate surface area is 209 Å². The number of benzene rings is 1. The Bertz CT molecular complexity index is 892. The first-order valence-electron chi connectivity index (χ1n) is 13.0. The Kier molecular flexibility index (Phi) is 9.56. The molecule has 10 heteroatoms. The van der Waals surface area contributed by atoms with Crippen LogP contribution in [0.15, 0.2) is 12.1 Å². The summed E-state index contributed by atoms with van der Waals surface area (Å²) in [6.07, 6.45) is 12.6. The molecule has 0 amide bonds. The molecule has 0 atom stereocenters. The van der Waals surface area contributed by atoms with Gasteiger partial charge >= 0.3 is 15.6 Å². The zero-order valence-corrected chi connectivity index (χ0v) is 23.0. The molecule has 0 unspecified atom stereocenters. The smallest absolute Gasteiger partial charge is 0.404 e. The van der Waals surface area contributed by atoms with Gasteiger partial charge < -0.3 is 9.05 Å². The highest BCUT2D eigenvalue weighted by Crippen LogP contribution is 2.54. The van der Waals surface area contributed by atoms with E-state index in [9.17, 15) is 28.7 Å². The molecule has 35 heavy (non-hydrogen) atoms. The van der Waals surface area contributed by atoms with Gasteiger partial charge in [0.25, 0.3) is 0 Å². The van der Waals surface area contributed by atoms with Gasteiger partial charge in [-0.25, -0.2) is 9.13 Å². The average Bonchev–Trinajstić information content (AvgIpc) is 2.76. The zero-order valence-electron chi connectivity index (χ0n) is 21.2. The third-order valence-corrected chi connectivity index (χ3v) is 8.84. The molecule has 1 aromatic rings. The van der Waals surface area contributed by atoms with Crippen LogP contribution in [0.5, 0.6) is 11.5 Å². The van der Waals surface area contributed by atoms with Crippen LogP contribution in [-0.4, -0.2) is 19.6 Å². The molecule has 2 aliphatic rings. The molecular formula is C25H42O8P2. The van der Waals surface area contributed by atoms with Gasteiger partial charge in [0.05, 0.1) is 0 Å². The van der Waals surface area contributed by atoms with Gasteiger partial charge in [0.1, 0.15) is 11.5 Å². The Morgan fingerprint density at radius 2 is 1.31 bits per heavy atom. The molecular weight excluding hydrogens is 490 g/mol. The third kappa shape index (κ3) is 8.31. The van der Waals surface area contributed by atoms with Crippen molar-refractivity contribution < 1.29 is 37.8 Å². The fraction of sp³-hybridized carbons (Fsp3) is 0.760. The Balaban J connectivity index is 2.00. The van der Waals surface area contributed by atoms with Crippen LogP contribution in [0.25, 0.3) is 0 Å². The Morgan fingerprint density at radius 1 is 0.829 bits per heavy atom. The normalized spacial score (nSPS) is 22.7. The number of hydrogen-bond donors (Lipinski definition) is 4. The molecule has 2 fully saturated rings. The molecule has 8 nitrogen and oxygen atoms in total. The molecule has 0 aromatic heterocycles. The maximum absolute atomic E-state index is 11.9. The fourth-order valence-corrected chi connectivity index (χ4v) is 6.86. The zero-order chi connectivity index (χ0) is 25.9. The first-order valence-corrected chi connectivity index (χ1v) is 16.0. The quantitative estimate of drug-likeness (QED) is 0.238. The monoisotopic (exact) mass is 532 g/mol. The molecule has 0 spiro atoms.